The first-order valence-corrected chi connectivity index (χ1v) is 10.7. The number of azo groups is 1. The maximum atomic E-state index is 11.7. The SMILES string of the molecule is Cc1nn(-c2cccc(Cl)c2)c(O)c1N=Nc1c(O)cc(S(=O)(=O)O)c2ccccc12. The lowest BCUT2D eigenvalue weighted by atomic mass is 10.1. The highest BCUT2D eigenvalue weighted by molar-refractivity contribution is 7.86. The van der Waals surface area contributed by atoms with Crippen LogP contribution in [0, 0.1) is 6.92 Å². The summed E-state index contributed by atoms with van der Waals surface area (Å²) in [7, 11) is -4.58. The van der Waals surface area contributed by atoms with Crippen molar-refractivity contribution in [1.29, 1.82) is 0 Å². The monoisotopic (exact) mass is 458 g/mol. The van der Waals surface area contributed by atoms with Crippen molar-refractivity contribution < 1.29 is 23.2 Å². The number of aryl methyl sites for hydroxylation is 1. The Labute approximate surface area is 181 Å². The van der Waals surface area contributed by atoms with Gasteiger partial charge in [-0.2, -0.15) is 18.2 Å². The fraction of sp³-hybridized carbons (Fsp3) is 0.0500. The van der Waals surface area contributed by atoms with Crippen molar-refractivity contribution in [1.82, 2.24) is 9.78 Å². The number of phenols is 1. The summed E-state index contributed by atoms with van der Waals surface area (Å²) >= 11 is 6.00. The summed E-state index contributed by atoms with van der Waals surface area (Å²) in [5, 5.41) is 34.1. The van der Waals surface area contributed by atoms with Crippen LogP contribution in [0.4, 0.5) is 11.4 Å². The lowest BCUT2D eigenvalue weighted by molar-refractivity contribution is 0.434. The van der Waals surface area contributed by atoms with Crippen molar-refractivity contribution in [3.63, 3.8) is 0 Å². The number of benzene rings is 3. The van der Waals surface area contributed by atoms with Gasteiger partial charge in [-0.3, -0.25) is 4.55 Å². The number of hydrogen-bond acceptors (Lipinski definition) is 7. The molecule has 9 nitrogen and oxygen atoms in total. The van der Waals surface area contributed by atoms with E-state index in [1.165, 1.54) is 16.8 Å². The van der Waals surface area contributed by atoms with Crippen LogP contribution in [0.2, 0.25) is 5.02 Å². The second kappa shape index (κ2) is 7.65. The van der Waals surface area contributed by atoms with E-state index in [9.17, 15) is 23.2 Å². The maximum absolute atomic E-state index is 11.7. The molecule has 0 aliphatic carbocycles. The zero-order valence-corrected chi connectivity index (χ0v) is 17.5. The van der Waals surface area contributed by atoms with Crippen molar-refractivity contribution in [2.45, 2.75) is 11.8 Å². The number of aromatic hydroxyl groups is 2. The van der Waals surface area contributed by atoms with Gasteiger partial charge < -0.3 is 10.2 Å². The number of aromatic nitrogens is 2. The molecule has 1 heterocycles. The minimum Gasteiger partial charge on any atom is -0.506 e. The van der Waals surface area contributed by atoms with Gasteiger partial charge in [0.15, 0.2) is 5.69 Å². The summed E-state index contributed by atoms with van der Waals surface area (Å²) in [5.41, 5.74) is 0.902. The Morgan fingerprint density at radius 1 is 0.968 bits per heavy atom. The second-order valence-corrected chi connectivity index (χ2v) is 8.44. The lowest BCUT2D eigenvalue weighted by Gasteiger charge is -2.08. The third-order valence-electron chi connectivity index (χ3n) is 4.54. The van der Waals surface area contributed by atoms with Crippen LogP contribution in [0.5, 0.6) is 11.6 Å². The van der Waals surface area contributed by atoms with E-state index in [1.807, 2.05) is 0 Å². The van der Waals surface area contributed by atoms with Gasteiger partial charge in [-0.05, 0) is 25.1 Å². The molecule has 158 valence electrons. The molecule has 0 amide bonds. The zero-order chi connectivity index (χ0) is 22.3. The minimum atomic E-state index is -4.58. The summed E-state index contributed by atoms with van der Waals surface area (Å²) in [6.45, 7) is 1.62. The van der Waals surface area contributed by atoms with Gasteiger partial charge in [-0.15, -0.1) is 10.2 Å². The molecule has 11 heteroatoms. The molecule has 0 saturated carbocycles. The van der Waals surface area contributed by atoms with E-state index in [-0.39, 0.29) is 28.0 Å². The van der Waals surface area contributed by atoms with Gasteiger partial charge in [0.05, 0.1) is 11.4 Å². The molecular formula is C20H15ClN4O5S. The van der Waals surface area contributed by atoms with Gasteiger partial charge in [0.25, 0.3) is 10.1 Å². The number of halogens is 1. The van der Waals surface area contributed by atoms with Crippen LogP contribution in [0.3, 0.4) is 0 Å². The molecule has 0 fully saturated rings. The van der Waals surface area contributed by atoms with E-state index < -0.39 is 20.8 Å². The van der Waals surface area contributed by atoms with E-state index in [0.717, 1.165) is 6.07 Å². The van der Waals surface area contributed by atoms with Crippen molar-refractivity contribution in [3.8, 4) is 17.3 Å². The Bertz CT molecular complexity index is 1460. The summed E-state index contributed by atoms with van der Waals surface area (Å²) < 4.78 is 34.1. The van der Waals surface area contributed by atoms with Gasteiger partial charge in [0, 0.05) is 21.9 Å². The summed E-state index contributed by atoms with van der Waals surface area (Å²) in [6.07, 6.45) is 0. The smallest absolute Gasteiger partial charge is 0.295 e. The van der Waals surface area contributed by atoms with E-state index >= 15 is 0 Å². The largest absolute Gasteiger partial charge is 0.506 e. The fourth-order valence-corrected chi connectivity index (χ4v) is 4.04. The van der Waals surface area contributed by atoms with Crippen LogP contribution in [0.25, 0.3) is 16.5 Å². The van der Waals surface area contributed by atoms with Crippen LogP contribution in [-0.4, -0.2) is 33.0 Å². The molecule has 0 aliphatic rings. The molecule has 0 radical (unpaired) electrons. The fourth-order valence-electron chi connectivity index (χ4n) is 3.14. The first-order valence-electron chi connectivity index (χ1n) is 8.85. The molecule has 3 N–H and O–H groups in total. The molecule has 4 rings (SSSR count). The van der Waals surface area contributed by atoms with Crippen molar-refractivity contribution >= 4 is 43.9 Å². The van der Waals surface area contributed by atoms with Gasteiger partial charge in [0.1, 0.15) is 16.3 Å². The number of rotatable bonds is 4. The highest BCUT2D eigenvalue weighted by atomic mass is 35.5. The molecule has 0 saturated heterocycles. The highest BCUT2D eigenvalue weighted by Crippen LogP contribution is 2.41. The second-order valence-electron chi connectivity index (χ2n) is 6.61. The average Bonchev–Trinajstić information content (AvgIpc) is 3.00. The summed E-state index contributed by atoms with van der Waals surface area (Å²) in [5.74, 6) is -0.795. The predicted molar refractivity (Wildman–Crippen MR) is 115 cm³/mol. The molecule has 31 heavy (non-hydrogen) atoms. The Morgan fingerprint density at radius 2 is 1.65 bits per heavy atom. The Morgan fingerprint density at radius 3 is 2.32 bits per heavy atom. The van der Waals surface area contributed by atoms with Crippen LogP contribution >= 0.6 is 11.6 Å². The molecule has 0 aliphatic heterocycles. The molecular weight excluding hydrogens is 444 g/mol. The first-order chi connectivity index (χ1) is 14.7. The molecule has 1 aromatic heterocycles. The number of hydrogen-bond donors (Lipinski definition) is 3. The molecule has 0 spiro atoms. The van der Waals surface area contributed by atoms with E-state index in [0.29, 0.717) is 16.4 Å². The molecule has 4 aromatic rings. The van der Waals surface area contributed by atoms with Gasteiger partial charge in [-0.1, -0.05) is 41.9 Å². The lowest BCUT2D eigenvalue weighted by Crippen LogP contribution is -1.99. The molecule has 0 unspecified atom stereocenters. The van der Waals surface area contributed by atoms with Crippen LogP contribution in [0.1, 0.15) is 5.69 Å². The normalized spacial score (nSPS) is 12.1. The zero-order valence-electron chi connectivity index (χ0n) is 15.9. The number of phenolic OH excluding ortho intramolecular Hbond substituents is 1. The average molecular weight is 459 g/mol. The topological polar surface area (TPSA) is 137 Å². The molecule has 0 bridgehead atoms. The van der Waals surface area contributed by atoms with Crippen molar-refractivity contribution in [2.24, 2.45) is 10.2 Å². The van der Waals surface area contributed by atoms with Crippen molar-refractivity contribution in [3.05, 3.63) is 65.3 Å². The van der Waals surface area contributed by atoms with E-state index in [4.69, 9.17) is 11.6 Å². The summed E-state index contributed by atoms with van der Waals surface area (Å²) in [6, 6.07) is 13.8. The molecule has 3 aromatic carbocycles. The van der Waals surface area contributed by atoms with Crippen LogP contribution in [0.15, 0.2) is 69.7 Å². The van der Waals surface area contributed by atoms with Gasteiger partial charge in [0.2, 0.25) is 5.88 Å². The van der Waals surface area contributed by atoms with Crippen LogP contribution < -0.4 is 0 Å². The predicted octanol–water partition coefficient (Wildman–Crippen LogP) is 5.06. The van der Waals surface area contributed by atoms with Gasteiger partial charge >= 0.3 is 0 Å². The van der Waals surface area contributed by atoms with E-state index in [1.54, 1.807) is 43.3 Å². The Hall–Kier alpha value is -3.47. The van der Waals surface area contributed by atoms with E-state index in [2.05, 4.69) is 15.3 Å². The molecule has 0 atom stereocenters. The standard InChI is InChI=1S/C20H15ClN4O5S/c1-11-18(20(27)25(24-11)13-6-4-5-12(21)9-13)22-23-19-15-8-3-2-7-14(15)17(10-16(19)26)31(28,29)30/h2-10,26-27H,1H3,(H,28,29,30). The van der Waals surface area contributed by atoms with Crippen molar-refractivity contribution in [2.75, 3.05) is 0 Å². The highest BCUT2D eigenvalue weighted by Gasteiger charge is 2.20. The van der Waals surface area contributed by atoms with Crippen LogP contribution in [-0.2, 0) is 10.1 Å². The number of nitrogens with zero attached hydrogens (tertiary/aromatic N) is 4. The minimum absolute atomic E-state index is 0.0303. The third kappa shape index (κ3) is 3.83. The third-order valence-corrected chi connectivity index (χ3v) is 5.67. The maximum Gasteiger partial charge on any atom is 0.295 e. The van der Waals surface area contributed by atoms with Gasteiger partial charge in [-0.25, -0.2) is 0 Å². The quantitative estimate of drug-likeness (QED) is 0.288. The number of fused-ring (bicyclic) bond motifs is 1. The summed E-state index contributed by atoms with van der Waals surface area (Å²) in [4.78, 5) is -0.452. The first kappa shape index (κ1) is 20.8. The Balaban J connectivity index is 1.85. The Kier molecular flexibility index (Phi) is 5.13.